The second-order valence-electron chi connectivity index (χ2n) is 8.76. The van der Waals surface area contributed by atoms with Crippen LogP contribution in [-0.2, 0) is 23.9 Å². The van der Waals surface area contributed by atoms with Crippen molar-refractivity contribution in [3.63, 3.8) is 0 Å². The monoisotopic (exact) mass is 324 g/mol. The van der Waals surface area contributed by atoms with Crippen molar-refractivity contribution < 1.29 is 0 Å². The molecule has 24 heavy (non-hydrogen) atoms. The summed E-state index contributed by atoms with van der Waals surface area (Å²) >= 11 is 0. The topological polar surface area (TPSA) is 38.0 Å². The summed E-state index contributed by atoms with van der Waals surface area (Å²) < 4.78 is 0. The largest absolute Gasteiger partial charge is 0.399 e. The van der Waals surface area contributed by atoms with E-state index in [2.05, 4.69) is 77.2 Å². The summed E-state index contributed by atoms with van der Waals surface area (Å²) in [7, 11) is 0. The van der Waals surface area contributed by atoms with Crippen LogP contribution in [0, 0.1) is 0 Å². The molecule has 2 nitrogen and oxygen atoms in total. The quantitative estimate of drug-likeness (QED) is 0.763. The predicted molar refractivity (Wildman–Crippen MR) is 105 cm³/mol. The molecule has 2 rings (SSSR count). The fourth-order valence-electron chi connectivity index (χ4n) is 2.65. The van der Waals surface area contributed by atoms with Gasteiger partial charge in [0, 0.05) is 18.8 Å². The van der Waals surface area contributed by atoms with Gasteiger partial charge in [0.15, 0.2) is 0 Å². The Balaban J connectivity index is 2.15. The lowest BCUT2D eigenvalue weighted by Crippen LogP contribution is -2.19. The predicted octanol–water partition coefficient (Wildman–Crippen LogP) is 5.15. The van der Waals surface area contributed by atoms with Crippen LogP contribution < -0.4 is 11.1 Å². The SMILES string of the molecule is CC(C)(C)c1cc(CNCc2ccc(N)cc2)cc(C(C)(C)C)c1. The lowest BCUT2D eigenvalue weighted by atomic mass is 9.79. The number of hydrogen-bond donors (Lipinski definition) is 2. The summed E-state index contributed by atoms with van der Waals surface area (Å²) in [6.07, 6.45) is 0. The fraction of sp³-hybridized carbons (Fsp3) is 0.455. The highest BCUT2D eigenvalue weighted by atomic mass is 14.8. The summed E-state index contributed by atoms with van der Waals surface area (Å²) in [5.41, 5.74) is 12.3. The molecule has 130 valence electrons. The van der Waals surface area contributed by atoms with E-state index in [1.54, 1.807) is 0 Å². The summed E-state index contributed by atoms with van der Waals surface area (Å²) in [6.45, 7) is 15.4. The van der Waals surface area contributed by atoms with Crippen LogP contribution in [0.25, 0.3) is 0 Å². The first-order valence-corrected chi connectivity index (χ1v) is 8.76. The van der Waals surface area contributed by atoms with E-state index in [9.17, 15) is 0 Å². The lowest BCUT2D eigenvalue weighted by molar-refractivity contribution is 0.564. The van der Waals surface area contributed by atoms with Crippen molar-refractivity contribution in [1.29, 1.82) is 0 Å². The smallest absolute Gasteiger partial charge is 0.0314 e. The van der Waals surface area contributed by atoms with Crippen LogP contribution in [0.2, 0.25) is 0 Å². The molecule has 0 heterocycles. The first-order chi connectivity index (χ1) is 11.1. The molecule has 2 aromatic rings. The molecule has 0 aromatic heterocycles. The van der Waals surface area contributed by atoms with E-state index in [0.717, 1.165) is 18.8 Å². The Labute approximate surface area is 147 Å². The Morgan fingerprint density at radius 3 is 1.62 bits per heavy atom. The van der Waals surface area contributed by atoms with Gasteiger partial charge in [0.1, 0.15) is 0 Å². The van der Waals surface area contributed by atoms with Gasteiger partial charge in [-0.05, 0) is 45.2 Å². The molecule has 0 aliphatic rings. The van der Waals surface area contributed by atoms with Crippen LogP contribution >= 0.6 is 0 Å². The van der Waals surface area contributed by atoms with Gasteiger partial charge in [0.05, 0.1) is 0 Å². The molecule has 0 aliphatic heterocycles. The van der Waals surface area contributed by atoms with Gasteiger partial charge in [-0.15, -0.1) is 0 Å². The number of nitrogens with two attached hydrogens (primary N) is 1. The van der Waals surface area contributed by atoms with Crippen molar-refractivity contribution in [1.82, 2.24) is 5.32 Å². The maximum atomic E-state index is 5.74. The Morgan fingerprint density at radius 2 is 1.17 bits per heavy atom. The molecule has 0 bridgehead atoms. The number of nitrogen functional groups attached to an aromatic ring is 1. The van der Waals surface area contributed by atoms with E-state index < -0.39 is 0 Å². The zero-order chi connectivity index (χ0) is 18.0. The summed E-state index contributed by atoms with van der Waals surface area (Å²) in [5.74, 6) is 0. The van der Waals surface area contributed by atoms with E-state index in [4.69, 9.17) is 5.73 Å². The fourth-order valence-corrected chi connectivity index (χ4v) is 2.65. The molecule has 0 radical (unpaired) electrons. The second kappa shape index (κ2) is 6.98. The summed E-state index contributed by atoms with van der Waals surface area (Å²) in [5, 5.41) is 3.55. The van der Waals surface area contributed by atoms with Crippen LogP contribution in [0.5, 0.6) is 0 Å². The standard InChI is InChI=1S/C22H32N2/c1-21(2,3)18-11-17(12-19(13-18)22(4,5)6)15-24-14-16-7-9-20(23)10-8-16/h7-13,24H,14-15,23H2,1-6H3. The van der Waals surface area contributed by atoms with Crippen molar-refractivity contribution >= 4 is 5.69 Å². The van der Waals surface area contributed by atoms with Crippen molar-refractivity contribution in [2.45, 2.75) is 65.5 Å². The van der Waals surface area contributed by atoms with Crippen molar-refractivity contribution in [3.8, 4) is 0 Å². The van der Waals surface area contributed by atoms with Crippen molar-refractivity contribution in [2.75, 3.05) is 5.73 Å². The average molecular weight is 325 g/mol. The maximum absolute atomic E-state index is 5.74. The zero-order valence-corrected chi connectivity index (χ0v) is 16.0. The first-order valence-electron chi connectivity index (χ1n) is 8.76. The highest BCUT2D eigenvalue weighted by Gasteiger charge is 2.20. The van der Waals surface area contributed by atoms with Gasteiger partial charge in [-0.25, -0.2) is 0 Å². The minimum atomic E-state index is 0.160. The summed E-state index contributed by atoms with van der Waals surface area (Å²) in [4.78, 5) is 0. The van der Waals surface area contributed by atoms with Crippen LogP contribution in [0.4, 0.5) is 5.69 Å². The summed E-state index contributed by atoms with van der Waals surface area (Å²) in [6, 6.07) is 15.1. The molecule has 0 amide bonds. The third-order valence-electron chi connectivity index (χ3n) is 4.36. The average Bonchev–Trinajstić information content (AvgIpc) is 2.47. The molecule has 2 aromatic carbocycles. The molecular formula is C22H32N2. The first kappa shape index (κ1) is 18.5. The van der Waals surface area contributed by atoms with Crippen LogP contribution in [0.15, 0.2) is 42.5 Å². The molecule has 0 unspecified atom stereocenters. The maximum Gasteiger partial charge on any atom is 0.0314 e. The highest BCUT2D eigenvalue weighted by Crippen LogP contribution is 2.30. The molecule has 0 aliphatic carbocycles. The Morgan fingerprint density at radius 1 is 0.708 bits per heavy atom. The van der Waals surface area contributed by atoms with Gasteiger partial charge in [-0.1, -0.05) is 71.9 Å². The normalized spacial score (nSPS) is 12.4. The Kier molecular flexibility index (Phi) is 5.39. The van der Waals surface area contributed by atoms with E-state index >= 15 is 0 Å². The molecule has 0 atom stereocenters. The number of hydrogen-bond acceptors (Lipinski definition) is 2. The second-order valence-corrected chi connectivity index (χ2v) is 8.76. The van der Waals surface area contributed by atoms with Gasteiger partial charge in [0.25, 0.3) is 0 Å². The molecule has 0 saturated carbocycles. The number of rotatable bonds is 4. The minimum absolute atomic E-state index is 0.160. The van der Waals surface area contributed by atoms with E-state index in [-0.39, 0.29) is 10.8 Å². The molecule has 0 saturated heterocycles. The number of benzene rings is 2. The number of nitrogens with one attached hydrogen (secondary N) is 1. The van der Waals surface area contributed by atoms with Crippen LogP contribution in [-0.4, -0.2) is 0 Å². The highest BCUT2D eigenvalue weighted by molar-refractivity contribution is 5.39. The molecule has 0 spiro atoms. The lowest BCUT2D eigenvalue weighted by Gasteiger charge is -2.26. The zero-order valence-electron chi connectivity index (χ0n) is 16.0. The van der Waals surface area contributed by atoms with Gasteiger partial charge in [-0.2, -0.15) is 0 Å². The van der Waals surface area contributed by atoms with E-state index in [0.29, 0.717) is 0 Å². The van der Waals surface area contributed by atoms with Gasteiger partial charge < -0.3 is 11.1 Å². The van der Waals surface area contributed by atoms with Crippen LogP contribution in [0.3, 0.4) is 0 Å². The Hall–Kier alpha value is -1.80. The molecule has 3 N–H and O–H groups in total. The number of anilines is 1. The molecule has 2 heteroatoms. The van der Waals surface area contributed by atoms with Crippen LogP contribution in [0.1, 0.15) is 63.8 Å². The van der Waals surface area contributed by atoms with E-state index in [1.807, 2.05) is 12.1 Å². The van der Waals surface area contributed by atoms with Gasteiger partial charge in [0.2, 0.25) is 0 Å². The minimum Gasteiger partial charge on any atom is -0.399 e. The Bertz CT molecular complexity index is 638. The van der Waals surface area contributed by atoms with Gasteiger partial charge in [-0.3, -0.25) is 0 Å². The van der Waals surface area contributed by atoms with Crippen molar-refractivity contribution in [2.24, 2.45) is 0 Å². The third-order valence-corrected chi connectivity index (χ3v) is 4.36. The van der Waals surface area contributed by atoms with Crippen molar-refractivity contribution in [3.05, 3.63) is 64.7 Å². The van der Waals surface area contributed by atoms with E-state index in [1.165, 1.54) is 22.3 Å². The third kappa shape index (κ3) is 5.10. The molecule has 0 fully saturated rings. The van der Waals surface area contributed by atoms with Gasteiger partial charge >= 0.3 is 0 Å². The molecular weight excluding hydrogens is 292 g/mol.